The molecule has 0 fully saturated rings. The summed E-state index contributed by atoms with van der Waals surface area (Å²) < 4.78 is 11.8. The smallest absolute Gasteiger partial charge is 0.245 e. The Balaban J connectivity index is 1.78. The van der Waals surface area contributed by atoms with E-state index in [-0.39, 0.29) is 5.91 Å². The Labute approximate surface area is 221 Å². The van der Waals surface area contributed by atoms with E-state index in [2.05, 4.69) is 60.4 Å². The van der Waals surface area contributed by atoms with Crippen LogP contribution >= 0.6 is 0 Å². The summed E-state index contributed by atoms with van der Waals surface area (Å²) in [7, 11) is 7.22. The summed E-state index contributed by atoms with van der Waals surface area (Å²) in [5.41, 5.74) is 5.82. The molecular formula is C32H38N2O3. The Morgan fingerprint density at radius 1 is 0.865 bits per heavy atom. The van der Waals surface area contributed by atoms with Crippen LogP contribution < -0.4 is 9.47 Å². The predicted octanol–water partition coefficient (Wildman–Crippen LogP) is 6.02. The molecule has 0 atom stereocenters. The number of carbonyl (C=O) groups excluding carboxylic acids is 1. The van der Waals surface area contributed by atoms with Gasteiger partial charge in [-0.2, -0.15) is 0 Å². The molecule has 5 heteroatoms. The van der Waals surface area contributed by atoms with Crippen molar-refractivity contribution in [2.24, 2.45) is 0 Å². The number of para-hydroxylation sites is 1. The van der Waals surface area contributed by atoms with E-state index in [0.29, 0.717) is 13.2 Å². The summed E-state index contributed by atoms with van der Waals surface area (Å²) in [6.07, 6.45) is 4.36. The predicted molar refractivity (Wildman–Crippen MR) is 153 cm³/mol. The van der Waals surface area contributed by atoms with Crippen molar-refractivity contribution in [3.8, 4) is 11.5 Å². The van der Waals surface area contributed by atoms with Gasteiger partial charge in [0.1, 0.15) is 18.1 Å². The Kier molecular flexibility index (Phi) is 10.5. The second-order valence-electron chi connectivity index (χ2n) is 9.04. The van der Waals surface area contributed by atoms with Crippen molar-refractivity contribution in [3.63, 3.8) is 0 Å². The molecule has 0 aliphatic carbocycles. The van der Waals surface area contributed by atoms with Crippen LogP contribution in [0.3, 0.4) is 0 Å². The molecule has 0 aliphatic heterocycles. The Morgan fingerprint density at radius 2 is 1.54 bits per heavy atom. The number of methoxy groups -OCH3 is 1. The number of nitrogens with zero attached hydrogens (tertiary/aromatic N) is 2. The number of allylic oxidation sites excluding steroid dienone is 1. The summed E-state index contributed by atoms with van der Waals surface area (Å²) >= 11 is 0. The van der Waals surface area contributed by atoms with Gasteiger partial charge in [0.05, 0.1) is 7.11 Å². The number of amides is 1. The van der Waals surface area contributed by atoms with Crippen LogP contribution in [0, 0.1) is 0 Å². The largest absolute Gasteiger partial charge is 0.496 e. The fourth-order valence-corrected chi connectivity index (χ4v) is 4.12. The second kappa shape index (κ2) is 14.0. The number of carbonyl (C=O) groups is 1. The summed E-state index contributed by atoms with van der Waals surface area (Å²) in [6, 6.07) is 27.0. The van der Waals surface area contributed by atoms with Crippen molar-refractivity contribution in [3.05, 3.63) is 108 Å². The highest BCUT2D eigenvalue weighted by Crippen LogP contribution is 2.38. The molecule has 0 N–H and O–H groups in total. The highest BCUT2D eigenvalue weighted by atomic mass is 16.5. The van der Waals surface area contributed by atoms with E-state index in [1.807, 2.05) is 43.5 Å². The van der Waals surface area contributed by atoms with Crippen LogP contribution in [0.2, 0.25) is 0 Å². The first-order valence-corrected chi connectivity index (χ1v) is 12.7. The standard InChI is InChI=1S/C32H38N2O3/c1-6-28(25-13-8-7-9-14-25)32(29-15-10-11-16-30(29)36-5)26-18-20-27(21-19-26)37-24-23-34(4)22-12-17-31(35)33(2)3/h7-21H,6,22-24H2,1-5H3/b17-12+,32-28+. The lowest BCUT2D eigenvalue weighted by molar-refractivity contribution is -0.123. The minimum atomic E-state index is -0.00947. The number of hydrogen-bond acceptors (Lipinski definition) is 4. The van der Waals surface area contributed by atoms with Crippen molar-refractivity contribution in [2.75, 3.05) is 47.9 Å². The summed E-state index contributed by atoms with van der Waals surface area (Å²) in [5, 5.41) is 0. The lowest BCUT2D eigenvalue weighted by Crippen LogP contribution is -2.25. The molecule has 5 nitrogen and oxygen atoms in total. The van der Waals surface area contributed by atoms with Gasteiger partial charge in [0.15, 0.2) is 0 Å². The van der Waals surface area contributed by atoms with Gasteiger partial charge in [0.2, 0.25) is 5.91 Å². The third-order valence-corrected chi connectivity index (χ3v) is 6.16. The van der Waals surface area contributed by atoms with Crippen molar-refractivity contribution < 1.29 is 14.3 Å². The molecule has 0 radical (unpaired) electrons. The molecule has 3 aromatic rings. The average molecular weight is 499 g/mol. The minimum Gasteiger partial charge on any atom is -0.496 e. The van der Waals surface area contributed by atoms with Gasteiger partial charge in [-0.05, 0) is 53.9 Å². The molecule has 0 unspecified atom stereocenters. The van der Waals surface area contributed by atoms with E-state index < -0.39 is 0 Å². The van der Waals surface area contributed by atoms with Gasteiger partial charge in [0.25, 0.3) is 0 Å². The second-order valence-corrected chi connectivity index (χ2v) is 9.04. The van der Waals surface area contributed by atoms with E-state index in [4.69, 9.17) is 9.47 Å². The fraction of sp³-hybridized carbons (Fsp3) is 0.281. The SMILES string of the molecule is CC/C(=C(/c1ccc(OCCN(C)C/C=C/C(=O)N(C)C)cc1)c1ccccc1OC)c1ccccc1. The third kappa shape index (κ3) is 7.83. The average Bonchev–Trinajstić information content (AvgIpc) is 2.92. The maximum atomic E-state index is 11.7. The maximum absolute atomic E-state index is 11.7. The number of hydrogen-bond donors (Lipinski definition) is 0. The van der Waals surface area contributed by atoms with Crippen LogP contribution in [-0.2, 0) is 4.79 Å². The van der Waals surface area contributed by atoms with Crippen LogP contribution in [0.25, 0.3) is 11.1 Å². The van der Waals surface area contributed by atoms with Crippen LogP contribution in [-0.4, -0.2) is 63.7 Å². The Hall–Kier alpha value is -3.83. The first-order valence-electron chi connectivity index (χ1n) is 12.7. The third-order valence-electron chi connectivity index (χ3n) is 6.16. The molecule has 0 saturated heterocycles. The molecular weight excluding hydrogens is 460 g/mol. The van der Waals surface area contributed by atoms with E-state index in [1.165, 1.54) is 11.1 Å². The molecule has 0 saturated carbocycles. The zero-order chi connectivity index (χ0) is 26.6. The van der Waals surface area contributed by atoms with E-state index in [0.717, 1.165) is 41.2 Å². The molecule has 0 heterocycles. The minimum absolute atomic E-state index is 0.00947. The van der Waals surface area contributed by atoms with Gasteiger partial charge in [-0.1, -0.05) is 73.7 Å². The molecule has 0 aromatic heterocycles. The van der Waals surface area contributed by atoms with E-state index in [9.17, 15) is 4.79 Å². The van der Waals surface area contributed by atoms with Gasteiger partial charge in [-0.15, -0.1) is 0 Å². The highest BCUT2D eigenvalue weighted by molar-refractivity contribution is 6.00. The van der Waals surface area contributed by atoms with E-state index in [1.54, 1.807) is 32.2 Å². The number of ether oxygens (including phenoxy) is 2. The van der Waals surface area contributed by atoms with Gasteiger partial charge in [-0.3, -0.25) is 9.69 Å². The van der Waals surface area contributed by atoms with Crippen LogP contribution in [0.1, 0.15) is 30.0 Å². The molecule has 0 aliphatic rings. The molecule has 3 rings (SSSR count). The quantitative estimate of drug-likeness (QED) is 0.226. The van der Waals surface area contributed by atoms with Crippen molar-refractivity contribution in [1.29, 1.82) is 0 Å². The summed E-state index contributed by atoms with van der Waals surface area (Å²) in [5.74, 6) is 1.67. The first kappa shape index (κ1) is 27.8. The van der Waals surface area contributed by atoms with Gasteiger partial charge >= 0.3 is 0 Å². The zero-order valence-corrected chi connectivity index (χ0v) is 22.6. The molecule has 1 amide bonds. The highest BCUT2D eigenvalue weighted by Gasteiger charge is 2.16. The number of benzene rings is 3. The number of rotatable bonds is 12. The monoisotopic (exact) mass is 498 g/mol. The van der Waals surface area contributed by atoms with Crippen LogP contribution in [0.4, 0.5) is 0 Å². The molecule has 37 heavy (non-hydrogen) atoms. The summed E-state index contributed by atoms with van der Waals surface area (Å²) in [4.78, 5) is 15.3. The van der Waals surface area contributed by atoms with Gasteiger partial charge in [-0.25, -0.2) is 0 Å². The van der Waals surface area contributed by atoms with Gasteiger partial charge in [0, 0.05) is 38.8 Å². The molecule has 0 spiro atoms. The maximum Gasteiger partial charge on any atom is 0.245 e. The van der Waals surface area contributed by atoms with Crippen LogP contribution in [0.15, 0.2) is 91.0 Å². The van der Waals surface area contributed by atoms with Crippen molar-refractivity contribution in [2.45, 2.75) is 13.3 Å². The van der Waals surface area contributed by atoms with Crippen molar-refractivity contribution >= 4 is 17.1 Å². The topological polar surface area (TPSA) is 42.0 Å². The van der Waals surface area contributed by atoms with Crippen LogP contribution in [0.5, 0.6) is 11.5 Å². The van der Waals surface area contributed by atoms with Gasteiger partial charge < -0.3 is 14.4 Å². The summed E-state index contributed by atoms with van der Waals surface area (Å²) in [6.45, 7) is 4.19. The molecule has 0 bridgehead atoms. The van der Waals surface area contributed by atoms with E-state index >= 15 is 0 Å². The lowest BCUT2D eigenvalue weighted by Gasteiger charge is -2.19. The first-order chi connectivity index (χ1) is 17.9. The Bertz CT molecular complexity index is 1200. The zero-order valence-electron chi connectivity index (χ0n) is 22.6. The molecule has 194 valence electrons. The van der Waals surface area contributed by atoms with Crippen molar-refractivity contribution in [1.82, 2.24) is 9.80 Å². The molecule has 3 aromatic carbocycles. The fourth-order valence-electron chi connectivity index (χ4n) is 4.12. The lowest BCUT2D eigenvalue weighted by atomic mass is 9.88. The Morgan fingerprint density at radius 3 is 2.19 bits per heavy atom. The normalized spacial score (nSPS) is 11.9. The number of likely N-dealkylation sites (N-methyl/N-ethyl adjacent to an activating group) is 2.